The van der Waals surface area contributed by atoms with E-state index in [9.17, 15) is 14.7 Å². The van der Waals surface area contributed by atoms with E-state index in [0.717, 1.165) is 19.3 Å². The van der Waals surface area contributed by atoms with Crippen LogP contribution in [0.25, 0.3) is 0 Å². The van der Waals surface area contributed by atoms with Gasteiger partial charge in [-0.1, -0.05) is 13.3 Å². The number of hydrogen-bond acceptors (Lipinski definition) is 3. The topological polar surface area (TPSA) is 92.4 Å². The Hall–Kier alpha value is -1.10. The van der Waals surface area contributed by atoms with Gasteiger partial charge in [0.25, 0.3) is 0 Å². The minimum atomic E-state index is -1.09. The highest BCUT2D eigenvalue weighted by molar-refractivity contribution is 5.94. The standard InChI is InChI=1S/C13H22N2O3/c1-2-9-3-5-13(6-4-9,11(17)18)15-10(16)12(14)7-8-12/h9H,2-8,14H2,1H3,(H,15,16)(H,17,18). The Morgan fingerprint density at radius 3 is 2.22 bits per heavy atom. The summed E-state index contributed by atoms with van der Waals surface area (Å²) in [5.41, 5.74) is 3.93. The first-order valence-corrected chi connectivity index (χ1v) is 6.77. The van der Waals surface area contributed by atoms with Gasteiger partial charge < -0.3 is 16.2 Å². The van der Waals surface area contributed by atoms with Gasteiger partial charge >= 0.3 is 5.97 Å². The van der Waals surface area contributed by atoms with Gasteiger partial charge in [0.1, 0.15) is 5.54 Å². The molecule has 0 aliphatic heterocycles. The summed E-state index contributed by atoms with van der Waals surface area (Å²) in [6.45, 7) is 2.12. The Bertz CT molecular complexity index is 355. The summed E-state index contributed by atoms with van der Waals surface area (Å²) in [6.07, 6.45) is 5.15. The van der Waals surface area contributed by atoms with E-state index in [1.165, 1.54) is 0 Å². The van der Waals surface area contributed by atoms with Gasteiger partial charge in [0.05, 0.1) is 5.54 Å². The van der Waals surface area contributed by atoms with Crippen LogP contribution >= 0.6 is 0 Å². The number of amides is 1. The lowest BCUT2D eigenvalue weighted by molar-refractivity contribution is -0.150. The van der Waals surface area contributed by atoms with E-state index in [-0.39, 0.29) is 5.91 Å². The first-order chi connectivity index (χ1) is 8.42. The first-order valence-electron chi connectivity index (χ1n) is 6.77. The molecule has 0 aromatic heterocycles. The van der Waals surface area contributed by atoms with Crippen molar-refractivity contribution in [3.05, 3.63) is 0 Å². The molecule has 5 nitrogen and oxygen atoms in total. The van der Waals surface area contributed by atoms with Crippen LogP contribution in [0.3, 0.4) is 0 Å². The molecule has 2 fully saturated rings. The Morgan fingerprint density at radius 1 is 1.28 bits per heavy atom. The van der Waals surface area contributed by atoms with Crippen molar-refractivity contribution in [1.29, 1.82) is 0 Å². The molecule has 0 spiro atoms. The highest BCUT2D eigenvalue weighted by Crippen LogP contribution is 2.37. The van der Waals surface area contributed by atoms with Crippen LogP contribution in [0, 0.1) is 5.92 Å². The minimum Gasteiger partial charge on any atom is -0.480 e. The highest BCUT2D eigenvalue weighted by Gasteiger charge is 2.51. The van der Waals surface area contributed by atoms with E-state index in [4.69, 9.17) is 5.73 Å². The molecule has 0 aromatic rings. The maximum absolute atomic E-state index is 12.0. The van der Waals surface area contributed by atoms with Crippen molar-refractivity contribution >= 4 is 11.9 Å². The van der Waals surface area contributed by atoms with Crippen LogP contribution in [0.5, 0.6) is 0 Å². The fraction of sp³-hybridized carbons (Fsp3) is 0.846. The van der Waals surface area contributed by atoms with Crippen LogP contribution in [0.15, 0.2) is 0 Å². The van der Waals surface area contributed by atoms with Crippen molar-refractivity contribution in [3.63, 3.8) is 0 Å². The van der Waals surface area contributed by atoms with Gasteiger partial charge in [0.2, 0.25) is 5.91 Å². The number of rotatable bonds is 4. The molecule has 2 aliphatic carbocycles. The molecule has 0 unspecified atom stereocenters. The average Bonchev–Trinajstić information content (AvgIpc) is 3.09. The summed E-state index contributed by atoms with van der Waals surface area (Å²) in [5, 5.41) is 12.1. The van der Waals surface area contributed by atoms with Gasteiger partial charge in [0.15, 0.2) is 0 Å². The largest absolute Gasteiger partial charge is 0.480 e. The van der Waals surface area contributed by atoms with Crippen LogP contribution in [0.2, 0.25) is 0 Å². The summed E-state index contributed by atoms with van der Waals surface area (Å²) >= 11 is 0. The molecule has 5 heteroatoms. The van der Waals surface area contributed by atoms with Crippen LogP contribution < -0.4 is 11.1 Å². The molecule has 2 aliphatic rings. The molecule has 102 valence electrons. The van der Waals surface area contributed by atoms with Crippen molar-refractivity contribution < 1.29 is 14.7 Å². The van der Waals surface area contributed by atoms with E-state index in [1.807, 2.05) is 0 Å². The zero-order valence-electron chi connectivity index (χ0n) is 10.9. The van der Waals surface area contributed by atoms with Crippen LogP contribution in [-0.2, 0) is 9.59 Å². The molecule has 2 rings (SSSR count). The summed E-state index contributed by atoms with van der Waals surface area (Å²) in [7, 11) is 0. The molecule has 0 bridgehead atoms. The molecule has 2 saturated carbocycles. The summed E-state index contributed by atoms with van der Waals surface area (Å²) in [6, 6.07) is 0. The maximum atomic E-state index is 12.0. The van der Waals surface area contributed by atoms with Crippen molar-refractivity contribution in [3.8, 4) is 0 Å². The summed E-state index contributed by atoms with van der Waals surface area (Å²) in [5.74, 6) is -0.628. The molecule has 18 heavy (non-hydrogen) atoms. The number of nitrogens with one attached hydrogen (secondary N) is 1. The van der Waals surface area contributed by atoms with Crippen LogP contribution in [0.4, 0.5) is 0 Å². The second-order valence-corrected chi connectivity index (χ2v) is 5.85. The monoisotopic (exact) mass is 254 g/mol. The molecular formula is C13H22N2O3. The fourth-order valence-corrected chi connectivity index (χ4v) is 2.67. The van der Waals surface area contributed by atoms with Crippen LogP contribution in [-0.4, -0.2) is 28.1 Å². The van der Waals surface area contributed by atoms with Gasteiger partial charge in [-0.3, -0.25) is 4.79 Å². The third kappa shape index (κ3) is 2.36. The van der Waals surface area contributed by atoms with Gasteiger partial charge in [-0.25, -0.2) is 4.79 Å². The van der Waals surface area contributed by atoms with Gasteiger partial charge in [-0.15, -0.1) is 0 Å². The minimum absolute atomic E-state index is 0.292. The smallest absolute Gasteiger partial charge is 0.329 e. The quantitative estimate of drug-likeness (QED) is 0.698. The zero-order chi connectivity index (χ0) is 13.4. The highest BCUT2D eigenvalue weighted by atomic mass is 16.4. The molecule has 0 heterocycles. The lowest BCUT2D eigenvalue weighted by Gasteiger charge is -2.37. The van der Waals surface area contributed by atoms with Crippen molar-refractivity contribution in [2.75, 3.05) is 0 Å². The summed E-state index contributed by atoms with van der Waals surface area (Å²) < 4.78 is 0. The molecule has 4 N–H and O–H groups in total. The number of carbonyl (C=O) groups is 2. The second-order valence-electron chi connectivity index (χ2n) is 5.85. The molecule has 0 saturated heterocycles. The Balaban J connectivity index is 2.04. The molecule has 1 amide bonds. The predicted molar refractivity (Wildman–Crippen MR) is 66.9 cm³/mol. The normalized spacial score (nSPS) is 33.8. The Labute approximate surface area is 107 Å². The third-order valence-electron chi connectivity index (χ3n) is 4.54. The number of carbonyl (C=O) groups excluding carboxylic acids is 1. The maximum Gasteiger partial charge on any atom is 0.329 e. The first kappa shape index (κ1) is 13.3. The van der Waals surface area contributed by atoms with Gasteiger partial charge in [-0.05, 0) is 44.4 Å². The van der Waals surface area contributed by atoms with E-state index in [2.05, 4.69) is 12.2 Å². The number of nitrogens with two attached hydrogens (primary N) is 1. The number of aliphatic carboxylic acids is 1. The predicted octanol–water partition coefficient (Wildman–Crippen LogP) is 1.02. The lowest BCUT2D eigenvalue weighted by atomic mass is 9.75. The van der Waals surface area contributed by atoms with Gasteiger partial charge in [0, 0.05) is 0 Å². The van der Waals surface area contributed by atoms with Crippen LogP contribution in [0.1, 0.15) is 51.9 Å². The van der Waals surface area contributed by atoms with Gasteiger partial charge in [-0.2, -0.15) is 0 Å². The van der Waals surface area contributed by atoms with E-state index < -0.39 is 17.0 Å². The van der Waals surface area contributed by atoms with Crippen molar-refractivity contribution in [2.45, 2.75) is 62.9 Å². The zero-order valence-corrected chi connectivity index (χ0v) is 10.9. The second kappa shape index (κ2) is 4.53. The Morgan fingerprint density at radius 2 is 1.83 bits per heavy atom. The van der Waals surface area contributed by atoms with E-state index in [1.54, 1.807) is 0 Å². The molecule has 0 aromatic carbocycles. The van der Waals surface area contributed by atoms with Crippen molar-refractivity contribution in [1.82, 2.24) is 5.32 Å². The van der Waals surface area contributed by atoms with Crippen molar-refractivity contribution in [2.24, 2.45) is 11.7 Å². The third-order valence-corrected chi connectivity index (χ3v) is 4.54. The Kier molecular flexibility index (Phi) is 3.36. The average molecular weight is 254 g/mol. The summed E-state index contributed by atoms with van der Waals surface area (Å²) in [4.78, 5) is 23.5. The number of hydrogen-bond donors (Lipinski definition) is 3. The van der Waals surface area contributed by atoms with E-state index >= 15 is 0 Å². The number of carboxylic acid groups (broad SMARTS) is 1. The molecule has 0 radical (unpaired) electrons. The fourth-order valence-electron chi connectivity index (χ4n) is 2.67. The number of carboxylic acids is 1. The molecule has 0 atom stereocenters. The molecular weight excluding hydrogens is 232 g/mol. The lowest BCUT2D eigenvalue weighted by Crippen LogP contribution is -2.60. The SMILES string of the molecule is CCC1CCC(NC(=O)C2(N)CC2)(C(=O)O)CC1. The van der Waals surface area contributed by atoms with E-state index in [0.29, 0.717) is 31.6 Å².